The minimum Gasteiger partial charge on any atom is -0.488 e. The van der Waals surface area contributed by atoms with Crippen molar-refractivity contribution >= 4 is 11.7 Å². The van der Waals surface area contributed by atoms with Gasteiger partial charge < -0.3 is 9.47 Å². The summed E-state index contributed by atoms with van der Waals surface area (Å²) in [5.41, 5.74) is 3.83. The zero-order valence-corrected chi connectivity index (χ0v) is 12.3. The Balaban J connectivity index is 1.68. The van der Waals surface area contributed by atoms with Crippen LogP contribution in [-0.4, -0.2) is 18.3 Å². The van der Waals surface area contributed by atoms with Crippen LogP contribution in [0.3, 0.4) is 0 Å². The molecule has 0 radical (unpaired) electrons. The molecule has 2 atom stereocenters. The van der Waals surface area contributed by atoms with Crippen molar-refractivity contribution in [3.8, 4) is 11.5 Å². The van der Waals surface area contributed by atoms with Crippen LogP contribution < -0.4 is 14.5 Å². The number of benzene rings is 2. The van der Waals surface area contributed by atoms with E-state index in [1.165, 1.54) is 0 Å². The Morgan fingerprint density at radius 3 is 2.57 bits per heavy atom. The third-order valence-electron chi connectivity index (χ3n) is 4.66. The molecule has 0 fully saturated rings. The van der Waals surface area contributed by atoms with Gasteiger partial charge in [-0.2, -0.15) is 0 Å². The van der Waals surface area contributed by atoms with Gasteiger partial charge in [-0.15, -0.1) is 0 Å². The second kappa shape index (κ2) is 4.56. The molecule has 0 amide bonds. The number of esters is 1. The molecule has 2 aromatic rings. The van der Waals surface area contributed by atoms with E-state index in [2.05, 4.69) is 11.1 Å². The molecule has 5 rings (SSSR count). The normalized spacial score (nSPS) is 23.9. The number of nitrogens with one attached hydrogen (secondary N) is 1. The molecule has 112 valence electrons. The SMILES string of the molecule is O=C1Oc2ccccc2C2C=C3COc4ccccc4C3[NH+]=C12. The Kier molecular flexibility index (Phi) is 2.50. The van der Waals surface area contributed by atoms with Gasteiger partial charge in [-0.25, -0.2) is 9.79 Å². The molecule has 3 aliphatic heterocycles. The van der Waals surface area contributed by atoms with Crippen molar-refractivity contribution in [3.63, 3.8) is 0 Å². The first-order valence-corrected chi connectivity index (χ1v) is 7.68. The predicted molar refractivity (Wildman–Crippen MR) is 83.5 cm³/mol. The molecule has 2 aromatic carbocycles. The van der Waals surface area contributed by atoms with Gasteiger partial charge in [0.2, 0.25) is 6.04 Å². The quantitative estimate of drug-likeness (QED) is 0.453. The number of hydrogen-bond donors (Lipinski definition) is 1. The lowest BCUT2D eigenvalue weighted by Crippen LogP contribution is -2.80. The first-order chi connectivity index (χ1) is 11.3. The molecule has 3 heterocycles. The molecule has 4 nitrogen and oxygen atoms in total. The Bertz CT molecular complexity index is 897. The number of carbonyl (C=O) groups is 1. The van der Waals surface area contributed by atoms with Crippen LogP contribution in [0.25, 0.3) is 0 Å². The Morgan fingerprint density at radius 2 is 1.70 bits per heavy atom. The van der Waals surface area contributed by atoms with Gasteiger partial charge in [-0.3, -0.25) is 0 Å². The molecule has 4 heteroatoms. The van der Waals surface area contributed by atoms with Crippen LogP contribution in [-0.2, 0) is 4.79 Å². The summed E-state index contributed by atoms with van der Waals surface area (Å²) in [5, 5.41) is 0. The van der Waals surface area contributed by atoms with Crippen LogP contribution >= 0.6 is 0 Å². The molecule has 0 saturated heterocycles. The van der Waals surface area contributed by atoms with Gasteiger partial charge in [0, 0.05) is 11.1 Å². The molecule has 0 aromatic heterocycles. The van der Waals surface area contributed by atoms with Crippen molar-refractivity contribution in [1.82, 2.24) is 0 Å². The van der Waals surface area contributed by atoms with E-state index in [9.17, 15) is 4.79 Å². The molecular formula is C19H14NO3+. The van der Waals surface area contributed by atoms with E-state index in [0.717, 1.165) is 22.4 Å². The number of ether oxygens (including phenoxy) is 2. The van der Waals surface area contributed by atoms with Gasteiger partial charge in [0.1, 0.15) is 18.1 Å². The molecule has 0 saturated carbocycles. The summed E-state index contributed by atoms with van der Waals surface area (Å²) in [6.07, 6.45) is 2.14. The van der Waals surface area contributed by atoms with Gasteiger partial charge in [0.25, 0.3) is 5.71 Å². The van der Waals surface area contributed by atoms with Crippen molar-refractivity contribution in [2.75, 3.05) is 6.61 Å². The summed E-state index contributed by atoms with van der Waals surface area (Å²) in [7, 11) is 0. The van der Waals surface area contributed by atoms with Crippen molar-refractivity contribution < 1.29 is 19.3 Å². The summed E-state index contributed by atoms with van der Waals surface area (Å²) in [5.74, 6) is 1.12. The summed E-state index contributed by atoms with van der Waals surface area (Å²) >= 11 is 0. The van der Waals surface area contributed by atoms with Gasteiger partial charge in [0.05, 0.1) is 11.5 Å². The maximum absolute atomic E-state index is 12.4. The third kappa shape index (κ3) is 1.78. The lowest BCUT2D eigenvalue weighted by atomic mass is 9.83. The van der Waals surface area contributed by atoms with E-state index in [-0.39, 0.29) is 17.9 Å². The van der Waals surface area contributed by atoms with Gasteiger partial charge >= 0.3 is 5.97 Å². The zero-order valence-electron chi connectivity index (χ0n) is 12.3. The van der Waals surface area contributed by atoms with Crippen LogP contribution in [0, 0.1) is 0 Å². The monoisotopic (exact) mass is 304 g/mol. The first kappa shape index (κ1) is 12.6. The average molecular weight is 304 g/mol. The van der Waals surface area contributed by atoms with Crippen LogP contribution in [0.4, 0.5) is 0 Å². The zero-order chi connectivity index (χ0) is 15.4. The number of rotatable bonds is 0. The highest BCUT2D eigenvalue weighted by Crippen LogP contribution is 2.39. The fourth-order valence-electron chi connectivity index (χ4n) is 3.57. The molecule has 1 N–H and O–H groups in total. The smallest absolute Gasteiger partial charge is 0.404 e. The van der Waals surface area contributed by atoms with Crippen molar-refractivity contribution in [1.29, 1.82) is 0 Å². The molecule has 2 unspecified atom stereocenters. The maximum Gasteiger partial charge on any atom is 0.404 e. The van der Waals surface area contributed by atoms with Gasteiger partial charge in [-0.05, 0) is 18.2 Å². The molecule has 0 spiro atoms. The van der Waals surface area contributed by atoms with Crippen LogP contribution in [0.1, 0.15) is 23.1 Å². The van der Waals surface area contributed by atoms with E-state index >= 15 is 0 Å². The fraction of sp³-hybridized carbons (Fsp3) is 0.158. The fourth-order valence-corrected chi connectivity index (χ4v) is 3.57. The topological polar surface area (TPSA) is 49.5 Å². The van der Waals surface area contributed by atoms with E-state index in [0.29, 0.717) is 18.1 Å². The second-order valence-electron chi connectivity index (χ2n) is 5.96. The van der Waals surface area contributed by atoms with Gasteiger partial charge in [-0.1, -0.05) is 36.4 Å². The third-order valence-corrected chi connectivity index (χ3v) is 4.66. The summed E-state index contributed by atoms with van der Waals surface area (Å²) in [6.45, 7) is 0.537. The van der Waals surface area contributed by atoms with Crippen LogP contribution in [0.15, 0.2) is 60.2 Å². The highest BCUT2D eigenvalue weighted by atomic mass is 16.5. The van der Waals surface area contributed by atoms with E-state index in [1.54, 1.807) is 0 Å². The van der Waals surface area contributed by atoms with Crippen molar-refractivity contribution in [2.24, 2.45) is 0 Å². The summed E-state index contributed by atoms with van der Waals surface area (Å²) < 4.78 is 11.3. The van der Waals surface area contributed by atoms with E-state index in [4.69, 9.17) is 9.47 Å². The van der Waals surface area contributed by atoms with E-state index < -0.39 is 0 Å². The Morgan fingerprint density at radius 1 is 0.957 bits per heavy atom. The lowest BCUT2D eigenvalue weighted by molar-refractivity contribution is -0.503. The molecule has 0 bridgehead atoms. The van der Waals surface area contributed by atoms with Crippen LogP contribution in [0.2, 0.25) is 0 Å². The van der Waals surface area contributed by atoms with Crippen LogP contribution in [0.5, 0.6) is 11.5 Å². The average Bonchev–Trinajstić information content (AvgIpc) is 2.60. The number of allylic oxidation sites excluding steroid dienone is 1. The number of para-hydroxylation sites is 2. The second-order valence-corrected chi connectivity index (χ2v) is 5.96. The van der Waals surface area contributed by atoms with Gasteiger partial charge in [0.15, 0.2) is 0 Å². The number of fused-ring (bicyclic) bond motifs is 6. The largest absolute Gasteiger partial charge is 0.488 e. The minimum absolute atomic E-state index is 0.0241. The molecule has 0 aliphatic carbocycles. The first-order valence-electron chi connectivity index (χ1n) is 7.68. The standard InChI is InChI=1S/C19H13NO3/c21-19-18-14(12-5-1-4-8-16(12)23-19)9-11-10-22-15-7-3-2-6-13(15)17(11)20-18/h1-9,14,17H,10H2/p+1. The minimum atomic E-state index is -0.298. The predicted octanol–water partition coefficient (Wildman–Crippen LogP) is 1.28. The molecule has 3 aliphatic rings. The highest BCUT2D eigenvalue weighted by molar-refractivity contribution is 6.38. The number of carbonyl (C=O) groups excluding carboxylic acids is 1. The van der Waals surface area contributed by atoms with E-state index in [1.807, 2.05) is 48.5 Å². The number of hydrogen-bond acceptors (Lipinski definition) is 3. The summed E-state index contributed by atoms with van der Waals surface area (Å²) in [4.78, 5) is 15.8. The summed E-state index contributed by atoms with van der Waals surface area (Å²) in [6, 6.07) is 15.6. The lowest BCUT2D eigenvalue weighted by Gasteiger charge is -2.30. The maximum atomic E-state index is 12.4. The Hall–Kier alpha value is -2.88. The molecule has 23 heavy (non-hydrogen) atoms. The highest BCUT2D eigenvalue weighted by Gasteiger charge is 2.44. The Labute approximate surface area is 133 Å². The van der Waals surface area contributed by atoms with Crippen molar-refractivity contribution in [2.45, 2.75) is 12.0 Å². The molecular weight excluding hydrogens is 290 g/mol. The van der Waals surface area contributed by atoms with Crippen molar-refractivity contribution in [3.05, 3.63) is 71.3 Å².